The minimum Gasteiger partial charge on any atom is -0.397 e. The summed E-state index contributed by atoms with van der Waals surface area (Å²) in [5.74, 6) is 0. The molecule has 2 aromatic heterocycles. The first-order chi connectivity index (χ1) is 6.72. The van der Waals surface area contributed by atoms with Crippen molar-refractivity contribution in [3.63, 3.8) is 0 Å². The highest BCUT2D eigenvalue weighted by molar-refractivity contribution is 7.17. The van der Waals surface area contributed by atoms with E-state index in [9.17, 15) is 0 Å². The van der Waals surface area contributed by atoms with Crippen molar-refractivity contribution < 1.29 is 0 Å². The van der Waals surface area contributed by atoms with Crippen LogP contribution in [0.5, 0.6) is 0 Å². The van der Waals surface area contributed by atoms with Gasteiger partial charge in [0.25, 0.3) is 0 Å². The molecule has 2 aromatic rings. The Balaban J connectivity index is 2.54. The molecule has 0 radical (unpaired) electrons. The van der Waals surface area contributed by atoms with Crippen molar-refractivity contribution in [2.45, 2.75) is 6.92 Å². The Morgan fingerprint density at radius 3 is 2.71 bits per heavy atom. The van der Waals surface area contributed by atoms with Crippen LogP contribution in [0.25, 0.3) is 10.4 Å². The van der Waals surface area contributed by atoms with Gasteiger partial charge in [0.05, 0.1) is 5.69 Å². The highest BCUT2D eigenvalue weighted by atomic mass is 32.1. The maximum Gasteiger partial charge on any atom is 0.128 e. The zero-order valence-corrected chi connectivity index (χ0v) is 9.21. The van der Waals surface area contributed by atoms with E-state index >= 15 is 0 Å². The fourth-order valence-corrected chi connectivity index (χ4v) is 3.12. The Morgan fingerprint density at radius 2 is 2.21 bits per heavy atom. The molecule has 0 saturated carbocycles. The first-order valence-electron chi connectivity index (χ1n) is 4.05. The molecule has 2 rings (SSSR count). The number of anilines is 1. The SMILES string of the molecule is Cc1cscc1-c1cc(N)c(C#N)s1. The van der Waals surface area contributed by atoms with Crippen LogP contribution in [0.4, 0.5) is 5.69 Å². The second kappa shape index (κ2) is 3.45. The van der Waals surface area contributed by atoms with Crippen LogP contribution in [0.15, 0.2) is 16.8 Å². The smallest absolute Gasteiger partial charge is 0.128 e. The van der Waals surface area contributed by atoms with Crippen molar-refractivity contribution in [3.8, 4) is 16.5 Å². The zero-order chi connectivity index (χ0) is 10.1. The average Bonchev–Trinajstić information content (AvgIpc) is 2.71. The summed E-state index contributed by atoms with van der Waals surface area (Å²) < 4.78 is 0. The molecule has 0 amide bonds. The van der Waals surface area contributed by atoms with Gasteiger partial charge < -0.3 is 5.73 Å². The Labute approximate surface area is 90.2 Å². The van der Waals surface area contributed by atoms with E-state index in [4.69, 9.17) is 11.0 Å². The third-order valence-electron chi connectivity index (χ3n) is 1.98. The molecule has 0 aromatic carbocycles. The van der Waals surface area contributed by atoms with E-state index in [2.05, 4.69) is 23.8 Å². The molecular formula is C10H8N2S2. The largest absolute Gasteiger partial charge is 0.397 e. The maximum atomic E-state index is 8.78. The molecular weight excluding hydrogens is 212 g/mol. The van der Waals surface area contributed by atoms with Gasteiger partial charge in [-0.25, -0.2) is 0 Å². The molecule has 70 valence electrons. The number of thiophene rings is 2. The summed E-state index contributed by atoms with van der Waals surface area (Å²) in [4.78, 5) is 1.68. The van der Waals surface area contributed by atoms with Crippen molar-refractivity contribution in [1.29, 1.82) is 5.26 Å². The zero-order valence-electron chi connectivity index (χ0n) is 7.57. The first kappa shape index (κ1) is 9.25. The van der Waals surface area contributed by atoms with Gasteiger partial charge in [-0.3, -0.25) is 0 Å². The summed E-state index contributed by atoms with van der Waals surface area (Å²) in [6, 6.07) is 3.97. The van der Waals surface area contributed by atoms with Crippen molar-refractivity contribution >= 4 is 28.4 Å². The predicted octanol–water partition coefficient (Wildman–Crippen LogP) is 3.24. The average molecular weight is 220 g/mol. The van der Waals surface area contributed by atoms with Crippen LogP contribution in [0.2, 0.25) is 0 Å². The van der Waals surface area contributed by atoms with Crippen molar-refractivity contribution in [1.82, 2.24) is 0 Å². The molecule has 0 saturated heterocycles. The molecule has 2 nitrogen and oxygen atoms in total. The normalized spacial score (nSPS) is 10.0. The lowest BCUT2D eigenvalue weighted by atomic mass is 10.2. The molecule has 0 spiro atoms. The molecule has 0 unspecified atom stereocenters. The molecule has 2 N–H and O–H groups in total. The van der Waals surface area contributed by atoms with Gasteiger partial charge in [0, 0.05) is 10.4 Å². The Kier molecular flexibility index (Phi) is 2.28. The van der Waals surface area contributed by atoms with Crippen LogP contribution < -0.4 is 5.73 Å². The van der Waals surface area contributed by atoms with Crippen molar-refractivity contribution in [2.24, 2.45) is 0 Å². The van der Waals surface area contributed by atoms with E-state index in [1.54, 1.807) is 11.3 Å². The predicted molar refractivity (Wildman–Crippen MR) is 61.5 cm³/mol. The summed E-state index contributed by atoms with van der Waals surface area (Å²) in [6.07, 6.45) is 0. The number of aryl methyl sites for hydroxylation is 1. The van der Waals surface area contributed by atoms with Gasteiger partial charge in [-0.1, -0.05) is 0 Å². The van der Waals surface area contributed by atoms with Gasteiger partial charge in [-0.15, -0.1) is 11.3 Å². The van der Waals surface area contributed by atoms with Crippen molar-refractivity contribution in [3.05, 3.63) is 27.3 Å². The third-order valence-corrected chi connectivity index (χ3v) is 3.93. The Bertz CT molecular complexity index is 502. The van der Waals surface area contributed by atoms with E-state index in [1.165, 1.54) is 22.5 Å². The number of rotatable bonds is 1. The number of nitriles is 1. The second-order valence-corrected chi connectivity index (χ2v) is 4.77. The molecule has 0 atom stereocenters. The van der Waals surface area contributed by atoms with Crippen molar-refractivity contribution in [2.75, 3.05) is 5.73 Å². The molecule has 14 heavy (non-hydrogen) atoms. The van der Waals surface area contributed by atoms with Gasteiger partial charge in [0.15, 0.2) is 0 Å². The molecule has 2 heterocycles. The molecule has 0 aliphatic rings. The van der Waals surface area contributed by atoms with E-state index in [-0.39, 0.29) is 0 Å². The summed E-state index contributed by atoms with van der Waals surface area (Å²) >= 11 is 3.12. The first-order valence-corrected chi connectivity index (χ1v) is 5.81. The topological polar surface area (TPSA) is 49.8 Å². The van der Waals surface area contributed by atoms with E-state index < -0.39 is 0 Å². The van der Waals surface area contributed by atoms with Gasteiger partial charge >= 0.3 is 0 Å². The number of nitrogens with two attached hydrogens (primary N) is 1. The molecule has 4 heteroatoms. The minimum atomic E-state index is 0.582. The third kappa shape index (κ3) is 1.41. The monoisotopic (exact) mass is 220 g/mol. The van der Waals surface area contributed by atoms with E-state index in [0.29, 0.717) is 10.6 Å². The van der Waals surface area contributed by atoms with Crippen LogP contribution in [-0.4, -0.2) is 0 Å². The van der Waals surface area contributed by atoms with E-state index in [1.807, 2.05) is 6.07 Å². The fraction of sp³-hybridized carbons (Fsp3) is 0.100. The highest BCUT2D eigenvalue weighted by Crippen LogP contribution is 2.35. The lowest BCUT2D eigenvalue weighted by Crippen LogP contribution is -1.81. The summed E-state index contributed by atoms with van der Waals surface area (Å²) in [7, 11) is 0. The number of nitrogens with zero attached hydrogens (tertiary/aromatic N) is 1. The summed E-state index contributed by atoms with van der Waals surface area (Å²) in [5, 5.41) is 13.0. The van der Waals surface area contributed by atoms with E-state index in [0.717, 1.165) is 4.88 Å². The standard InChI is InChI=1S/C10H8N2S2/c1-6-4-13-5-7(6)9-2-8(12)10(3-11)14-9/h2,4-5H,12H2,1H3. The minimum absolute atomic E-state index is 0.582. The molecule has 0 aliphatic heterocycles. The van der Waals surface area contributed by atoms with Gasteiger partial charge in [0.2, 0.25) is 0 Å². The van der Waals surface area contributed by atoms with Crippen LogP contribution in [0.3, 0.4) is 0 Å². The summed E-state index contributed by atoms with van der Waals surface area (Å²) in [5.41, 5.74) is 8.71. The highest BCUT2D eigenvalue weighted by Gasteiger charge is 2.09. The molecule has 0 fully saturated rings. The Hall–Kier alpha value is -1.31. The van der Waals surface area contributed by atoms with Crippen LogP contribution in [-0.2, 0) is 0 Å². The van der Waals surface area contributed by atoms with Crippen LogP contribution in [0, 0.1) is 18.3 Å². The number of hydrogen-bond acceptors (Lipinski definition) is 4. The van der Waals surface area contributed by atoms with Gasteiger partial charge in [-0.2, -0.15) is 16.6 Å². The lowest BCUT2D eigenvalue weighted by molar-refractivity contribution is 1.52. The molecule has 0 bridgehead atoms. The lowest BCUT2D eigenvalue weighted by Gasteiger charge is -1.92. The Morgan fingerprint density at radius 1 is 1.43 bits per heavy atom. The molecule has 0 aliphatic carbocycles. The van der Waals surface area contributed by atoms with Gasteiger partial charge in [0.1, 0.15) is 10.9 Å². The summed E-state index contributed by atoms with van der Waals surface area (Å²) in [6.45, 7) is 2.06. The second-order valence-electron chi connectivity index (χ2n) is 2.98. The van der Waals surface area contributed by atoms with Gasteiger partial charge in [-0.05, 0) is 29.3 Å². The fourth-order valence-electron chi connectivity index (χ4n) is 1.24. The quantitative estimate of drug-likeness (QED) is 0.802. The van der Waals surface area contributed by atoms with Crippen LogP contribution in [0.1, 0.15) is 10.4 Å². The number of hydrogen-bond donors (Lipinski definition) is 1. The number of nitrogen functional groups attached to an aromatic ring is 1. The van der Waals surface area contributed by atoms with Crippen LogP contribution >= 0.6 is 22.7 Å². The maximum absolute atomic E-state index is 8.78.